The monoisotopic (exact) mass is 434 g/mol. The van der Waals surface area contributed by atoms with Crippen LogP contribution in [0.4, 0.5) is 0 Å². The molecule has 0 N–H and O–H groups in total. The van der Waals surface area contributed by atoms with Gasteiger partial charge in [0, 0.05) is 22.0 Å². The van der Waals surface area contributed by atoms with Crippen LogP contribution in [-0.2, 0) is 0 Å². The number of benzene rings is 3. The minimum Gasteiger partial charge on any atom is -0.497 e. The standard InChI is InChI=1S/C23H19BrN2O2/c1-27-18-10-7-16(8-11-18)23-26-21(19-13-17(24)9-12-22(19)28-23)14-20(25-26)15-5-3-2-4-6-15/h2-13,21,23H,14H2,1H3/t21-,23+/m0/s1. The molecule has 0 fully saturated rings. The Morgan fingerprint density at radius 3 is 2.57 bits per heavy atom. The molecule has 5 heteroatoms. The van der Waals surface area contributed by atoms with Crippen LogP contribution in [0.25, 0.3) is 0 Å². The highest BCUT2D eigenvalue weighted by Crippen LogP contribution is 2.48. The molecule has 28 heavy (non-hydrogen) atoms. The number of methoxy groups -OCH3 is 1. The Labute approximate surface area is 172 Å². The molecule has 2 aliphatic rings. The van der Waals surface area contributed by atoms with Crippen LogP contribution in [0.15, 0.2) is 82.4 Å². The molecule has 5 rings (SSSR count). The molecule has 0 bridgehead atoms. The predicted molar refractivity (Wildman–Crippen MR) is 113 cm³/mol. The van der Waals surface area contributed by atoms with E-state index in [1.54, 1.807) is 7.11 Å². The summed E-state index contributed by atoms with van der Waals surface area (Å²) in [4.78, 5) is 0. The van der Waals surface area contributed by atoms with Crippen LogP contribution in [0, 0.1) is 0 Å². The minimum absolute atomic E-state index is 0.142. The van der Waals surface area contributed by atoms with Crippen molar-refractivity contribution in [1.82, 2.24) is 5.01 Å². The van der Waals surface area contributed by atoms with Gasteiger partial charge < -0.3 is 9.47 Å². The Morgan fingerprint density at radius 1 is 1.04 bits per heavy atom. The van der Waals surface area contributed by atoms with Crippen molar-refractivity contribution in [3.8, 4) is 11.5 Å². The maximum Gasteiger partial charge on any atom is 0.213 e. The van der Waals surface area contributed by atoms with Gasteiger partial charge in [0.05, 0.1) is 18.9 Å². The molecule has 0 unspecified atom stereocenters. The van der Waals surface area contributed by atoms with E-state index in [2.05, 4.69) is 51.3 Å². The lowest BCUT2D eigenvalue weighted by molar-refractivity contribution is -0.0191. The Bertz CT molecular complexity index is 1030. The first-order chi connectivity index (χ1) is 13.7. The third-order valence-corrected chi connectivity index (χ3v) is 5.75. The molecule has 3 aromatic rings. The van der Waals surface area contributed by atoms with Crippen molar-refractivity contribution in [2.75, 3.05) is 7.11 Å². The highest BCUT2D eigenvalue weighted by molar-refractivity contribution is 9.10. The van der Waals surface area contributed by atoms with Crippen LogP contribution in [0.3, 0.4) is 0 Å². The number of halogens is 1. The van der Waals surface area contributed by atoms with E-state index in [1.165, 1.54) is 0 Å². The zero-order valence-electron chi connectivity index (χ0n) is 15.4. The molecule has 4 nitrogen and oxygen atoms in total. The third-order valence-electron chi connectivity index (χ3n) is 5.26. The largest absolute Gasteiger partial charge is 0.497 e. The van der Waals surface area contributed by atoms with Crippen molar-refractivity contribution in [1.29, 1.82) is 0 Å². The molecule has 3 aromatic carbocycles. The van der Waals surface area contributed by atoms with Gasteiger partial charge in [-0.25, -0.2) is 5.01 Å². The first-order valence-electron chi connectivity index (χ1n) is 9.24. The summed E-state index contributed by atoms with van der Waals surface area (Å²) in [7, 11) is 1.67. The van der Waals surface area contributed by atoms with Crippen molar-refractivity contribution in [3.63, 3.8) is 0 Å². The fourth-order valence-electron chi connectivity index (χ4n) is 3.85. The molecular weight excluding hydrogens is 416 g/mol. The third kappa shape index (κ3) is 2.96. The van der Waals surface area contributed by atoms with Crippen molar-refractivity contribution in [2.24, 2.45) is 5.10 Å². The zero-order valence-corrected chi connectivity index (χ0v) is 17.0. The van der Waals surface area contributed by atoms with Crippen LogP contribution >= 0.6 is 15.9 Å². The SMILES string of the molecule is COc1ccc([C@H]2Oc3ccc(Br)cc3[C@@H]3CC(c4ccccc4)=NN23)cc1. The van der Waals surface area contributed by atoms with Crippen LogP contribution in [0.1, 0.15) is 35.4 Å². The fraction of sp³-hybridized carbons (Fsp3) is 0.174. The quantitative estimate of drug-likeness (QED) is 0.529. The van der Waals surface area contributed by atoms with Gasteiger partial charge >= 0.3 is 0 Å². The Morgan fingerprint density at radius 2 is 1.82 bits per heavy atom. The first kappa shape index (κ1) is 17.3. The van der Waals surface area contributed by atoms with Gasteiger partial charge in [-0.2, -0.15) is 5.10 Å². The number of fused-ring (bicyclic) bond motifs is 3. The zero-order chi connectivity index (χ0) is 19.1. The van der Waals surface area contributed by atoms with Crippen molar-refractivity contribution in [2.45, 2.75) is 18.7 Å². The van der Waals surface area contributed by atoms with Crippen LogP contribution in [0.5, 0.6) is 11.5 Å². The lowest BCUT2D eigenvalue weighted by atomic mass is 9.96. The molecule has 0 saturated heterocycles. The maximum atomic E-state index is 6.40. The smallest absolute Gasteiger partial charge is 0.213 e. The number of hydrogen-bond donors (Lipinski definition) is 0. The lowest BCUT2D eigenvalue weighted by Gasteiger charge is -2.38. The van der Waals surface area contributed by atoms with Crippen molar-refractivity contribution in [3.05, 3.63) is 94.0 Å². The van der Waals surface area contributed by atoms with Crippen LogP contribution in [-0.4, -0.2) is 17.8 Å². The number of hydrazone groups is 1. The summed E-state index contributed by atoms with van der Waals surface area (Å²) in [6.07, 6.45) is 0.578. The van der Waals surface area contributed by atoms with E-state index in [1.807, 2.05) is 42.5 Å². The highest BCUT2D eigenvalue weighted by Gasteiger charge is 2.41. The van der Waals surface area contributed by atoms with E-state index >= 15 is 0 Å². The number of rotatable bonds is 3. The average Bonchev–Trinajstić information content (AvgIpc) is 3.20. The van der Waals surface area contributed by atoms with Gasteiger partial charge in [0.1, 0.15) is 11.5 Å². The molecule has 0 saturated carbocycles. The lowest BCUT2D eigenvalue weighted by Crippen LogP contribution is -2.33. The van der Waals surface area contributed by atoms with E-state index in [-0.39, 0.29) is 12.3 Å². The molecule has 0 radical (unpaired) electrons. The van der Waals surface area contributed by atoms with E-state index < -0.39 is 0 Å². The summed E-state index contributed by atoms with van der Waals surface area (Å²) in [6.45, 7) is 0. The molecule has 2 aliphatic heterocycles. The second-order valence-electron chi connectivity index (χ2n) is 6.94. The van der Waals surface area contributed by atoms with Gasteiger partial charge in [-0.3, -0.25) is 0 Å². The van der Waals surface area contributed by atoms with Gasteiger partial charge in [-0.1, -0.05) is 46.3 Å². The fourth-order valence-corrected chi connectivity index (χ4v) is 4.23. The summed E-state index contributed by atoms with van der Waals surface area (Å²) >= 11 is 3.60. The van der Waals surface area contributed by atoms with Crippen LogP contribution in [0.2, 0.25) is 0 Å². The Balaban J connectivity index is 1.59. The second kappa shape index (κ2) is 6.99. The molecular formula is C23H19BrN2O2. The van der Waals surface area contributed by atoms with E-state index in [9.17, 15) is 0 Å². The molecule has 0 aromatic heterocycles. The molecule has 2 heterocycles. The molecule has 0 spiro atoms. The van der Waals surface area contributed by atoms with Gasteiger partial charge in [0.2, 0.25) is 6.23 Å². The average molecular weight is 435 g/mol. The highest BCUT2D eigenvalue weighted by atomic mass is 79.9. The van der Waals surface area contributed by atoms with Gasteiger partial charge in [0.15, 0.2) is 0 Å². The minimum atomic E-state index is -0.272. The Kier molecular flexibility index (Phi) is 4.32. The number of hydrogen-bond acceptors (Lipinski definition) is 4. The Hall–Kier alpha value is -2.79. The van der Waals surface area contributed by atoms with E-state index in [4.69, 9.17) is 14.6 Å². The normalized spacial score (nSPS) is 20.1. The van der Waals surface area contributed by atoms with E-state index in [0.29, 0.717) is 0 Å². The van der Waals surface area contributed by atoms with E-state index in [0.717, 1.165) is 44.8 Å². The summed E-state index contributed by atoms with van der Waals surface area (Å²) < 4.78 is 12.7. The van der Waals surface area contributed by atoms with Crippen molar-refractivity contribution >= 4 is 21.6 Å². The molecule has 140 valence electrons. The first-order valence-corrected chi connectivity index (χ1v) is 10.0. The van der Waals surface area contributed by atoms with Crippen molar-refractivity contribution < 1.29 is 9.47 Å². The summed E-state index contributed by atoms with van der Waals surface area (Å²) in [5.41, 5.74) is 4.45. The molecule has 0 amide bonds. The second-order valence-corrected chi connectivity index (χ2v) is 7.85. The summed E-state index contributed by atoms with van der Waals surface area (Å²) in [5.74, 6) is 1.74. The number of nitrogens with zero attached hydrogens (tertiary/aromatic N) is 2. The van der Waals surface area contributed by atoms with Gasteiger partial charge in [0.25, 0.3) is 0 Å². The summed E-state index contributed by atoms with van der Waals surface area (Å²) in [6, 6.07) is 24.7. The van der Waals surface area contributed by atoms with Gasteiger partial charge in [-0.05, 0) is 48.0 Å². The van der Waals surface area contributed by atoms with Gasteiger partial charge in [-0.15, -0.1) is 0 Å². The van der Waals surface area contributed by atoms with Crippen LogP contribution < -0.4 is 9.47 Å². The molecule has 2 atom stereocenters. The number of ether oxygens (including phenoxy) is 2. The summed E-state index contributed by atoms with van der Waals surface area (Å²) in [5, 5.41) is 7.08. The predicted octanol–water partition coefficient (Wildman–Crippen LogP) is 5.70. The molecule has 0 aliphatic carbocycles. The maximum absolute atomic E-state index is 6.40. The topological polar surface area (TPSA) is 34.1 Å².